The van der Waals surface area contributed by atoms with E-state index in [4.69, 9.17) is 4.42 Å². The Labute approximate surface area is 110 Å². The molecule has 1 atom stereocenters. The molecule has 0 radical (unpaired) electrons. The van der Waals surface area contributed by atoms with Crippen LogP contribution in [0, 0.1) is 0 Å². The number of nitrogens with zero attached hydrogens (tertiary/aromatic N) is 2. The minimum absolute atomic E-state index is 0.206. The van der Waals surface area contributed by atoms with Gasteiger partial charge in [0.1, 0.15) is 11.3 Å². The summed E-state index contributed by atoms with van der Waals surface area (Å²) >= 11 is 0. The van der Waals surface area contributed by atoms with Crippen molar-refractivity contribution in [3.05, 3.63) is 59.1 Å². The average Bonchev–Trinajstić information content (AvgIpc) is 2.77. The van der Waals surface area contributed by atoms with E-state index in [2.05, 4.69) is 53.3 Å². The number of fused-ring (bicyclic) bond motifs is 4. The van der Waals surface area contributed by atoms with E-state index in [1.165, 1.54) is 11.1 Å². The number of hydrogen-bond acceptors (Lipinski definition) is 3. The molecule has 0 amide bonds. The number of hydrogen-bond donors (Lipinski definition) is 0. The summed E-state index contributed by atoms with van der Waals surface area (Å²) in [5.74, 6) is 1.15. The van der Waals surface area contributed by atoms with Crippen LogP contribution in [0.3, 0.4) is 0 Å². The van der Waals surface area contributed by atoms with Crippen LogP contribution in [0.4, 0.5) is 0 Å². The Bertz CT molecular complexity index is 801. The van der Waals surface area contributed by atoms with E-state index in [0.717, 1.165) is 16.8 Å². The third-order valence-electron chi connectivity index (χ3n) is 3.68. The molecule has 0 saturated carbocycles. The maximum absolute atomic E-state index is 5.91. The predicted octanol–water partition coefficient (Wildman–Crippen LogP) is 3.86. The van der Waals surface area contributed by atoms with Crippen molar-refractivity contribution in [1.82, 2.24) is 9.97 Å². The van der Waals surface area contributed by atoms with Crippen molar-refractivity contribution < 1.29 is 4.42 Å². The molecule has 3 nitrogen and oxygen atoms in total. The highest BCUT2D eigenvalue weighted by Crippen LogP contribution is 2.37. The van der Waals surface area contributed by atoms with E-state index >= 15 is 0 Å². The summed E-state index contributed by atoms with van der Waals surface area (Å²) in [4.78, 5) is 8.63. The fourth-order valence-electron chi connectivity index (χ4n) is 2.71. The Morgan fingerprint density at radius 2 is 1.89 bits per heavy atom. The van der Waals surface area contributed by atoms with E-state index in [1.54, 1.807) is 12.4 Å². The van der Waals surface area contributed by atoms with Crippen LogP contribution in [0.15, 0.2) is 41.1 Å². The highest BCUT2D eigenvalue weighted by atomic mass is 16.3. The molecular weight excluding hydrogens is 236 g/mol. The van der Waals surface area contributed by atoms with Gasteiger partial charge in [0.25, 0.3) is 0 Å². The van der Waals surface area contributed by atoms with Gasteiger partial charge in [0, 0.05) is 23.9 Å². The Balaban J connectivity index is 2.05. The minimum Gasteiger partial charge on any atom is -0.440 e. The second-order valence-electron chi connectivity index (χ2n) is 4.77. The number of rotatable bonds is 0. The molecule has 92 valence electrons. The summed E-state index contributed by atoms with van der Waals surface area (Å²) in [6.45, 7) is 2.16. The first-order valence-corrected chi connectivity index (χ1v) is 6.35. The van der Waals surface area contributed by atoms with Crippen molar-refractivity contribution in [2.24, 2.45) is 0 Å². The number of furan rings is 1. The molecule has 0 unspecified atom stereocenters. The van der Waals surface area contributed by atoms with Gasteiger partial charge in [0.2, 0.25) is 5.71 Å². The smallest absolute Gasteiger partial charge is 0.245 e. The molecule has 0 spiro atoms. The van der Waals surface area contributed by atoms with Gasteiger partial charge in [0.15, 0.2) is 0 Å². The molecule has 0 fully saturated rings. The Kier molecular flexibility index (Phi) is 2.09. The van der Waals surface area contributed by atoms with Crippen LogP contribution in [-0.2, 0) is 0 Å². The van der Waals surface area contributed by atoms with Crippen molar-refractivity contribution in [1.29, 1.82) is 0 Å². The second kappa shape index (κ2) is 3.79. The van der Waals surface area contributed by atoms with Crippen LogP contribution in [-0.4, -0.2) is 9.97 Å². The average molecular weight is 248 g/mol. The van der Waals surface area contributed by atoms with Crippen molar-refractivity contribution in [3.63, 3.8) is 0 Å². The van der Waals surface area contributed by atoms with E-state index in [0.29, 0.717) is 5.71 Å². The number of aromatic nitrogens is 2. The van der Waals surface area contributed by atoms with Gasteiger partial charge >= 0.3 is 0 Å². The highest BCUT2D eigenvalue weighted by Gasteiger charge is 2.24. The molecule has 0 saturated heterocycles. The molecule has 0 N–H and O–H groups in total. The Morgan fingerprint density at radius 1 is 1.05 bits per heavy atom. The topological polar surface area (TPSA) is 38.9 Å². The van der Waals surface area contributed by atoms with E-state index < -0.39 is 0 Å². The van der Waals surface area contributed by atoms with Gasteiger partial charge in [-0.25, -0.2) is 9.97 Å². The Morgan fingerprint density at radius 3 is 2.84 bits per heavy atom. The first-order chi connectivity index (χ1) is 9.34. The summed E-state index contributed by atoms with van der Waals surface area (Å²) < 4.78 is 5.91. The molecule has 3 aromatic rings. The molecule has 19 heavy (non-hydrogen) atoms. The summed E-state index contributed by atoms with van der Waals surface area (Å²) in [6.07, 6.45) is 7.57. The van der Waals surface area contributed by atoms with Crippen LogP contribution < -0.4 is 0 Å². The predicted molar refractivity (Wildman–Crippen MR) is 74.7 cm³/mol. The fourth-order valence-corrected chi connectivity index (χ4v) is 2.71. The molecule has 4 rings (SSSR count). The lowest BCUT2D eigenvalue weighted by molar-refractivity contribution is 0.523. The molecular formula is C16H12N2O. The van der Waals surface area contributed by atoms with E-state index in [-0.39, 0.29) is 5.92 Å². The van der Waals surface area contributed by atoms with Crippen LogP contribution >= 0.6 is 0 Å². The van der Waals surface area contributed by atoms with Gasteiger partial charge < -0.3 is 4.42 Å². The first-order valence-electron chi connectivity index (χ1n) is 6.35. The third-order valence-corrected chi connectivity index (χ3v) is 3.68. The van der Waals surface area contributed by atoms with Crippen molar-refractivity contribution >= 4 is 23.4 Å². The van der Waals surface area contributed by atoms with Crippen molar-refractivity contribution in [3.8, 4) is 0 Å². The van der Waals surface area contributed by atoms with Crippen molar-refractivity contribution in [2.45, 2.75) is 12.8 Å². The molecule has 2 aromatic heterocycles. The summed E-state index contributed by atoms with van der Waals surface area (Å²) in [6, 6.07) is 8.39. The highest BCUT2D eigenvalue weighted by molar-refractivity contribution is 5.88. The molecule has 1 aromatic carbocycles. The lowest BCUT2D eigenvalue weighted by Gasteiger charge is -2.10. The monoisotopic (exact) mass is 248 g/mol. The molecule has 0 aliphatic heterocycles. The molecule has 1 aliphatic rings. The lowest BCUT2D eigenvalue weighted by Crippen LogP contribution is -1.96. The van der Waals surface area contributed by atoms with E-state index in [9.17, 15) is 0 Å². The molecule has 0 bridgehead atoms. The van der Waals surface area contributed by atoms with Gasteiger partial charge in [-0.2, -0.15) is 0 Å². The third kappa shape index (κ3) is 1.45. The van der Waals surface area contributed by atoms with Gasteiger partial charge in [-0.3, -0.25) is 0 Å². The maximum atomic E-state index is 5.91. The molecule has 1 aliphatic carbocycles. The summed E-state index contributed by atoms with van der Waals surface area (Å²) in [5, 5.41) is 0. The van der Waals surface area contributed by atoms with Gasteiger partial charge in [-0.15, -0.1) is 0 Å². The van der Waals surface area contributed by atoms with Crippen LogP contribution in [0.5, 0.6) is 0 Å². The minimum atomic E-state index is 0.206. The normalized spacial score (nSPS) is 17.0. The SMILES string of the molecule is C[C@@H]1c2ccccc2C=Cc2c1oc1nccnc21. The van der Waals surface area contributed by atoms with Crippen LogP contribution in [0.2, 0.25) is 0 Å². The standard InChI is InChI=1S/C16H12N2O/c1-10-12-5-3-2-4-11(12)6-7-13-14-16(19-15(10)13)18-9-8-17-14/h2-10H,1H3/t10-/m1/s1. The molecule has 2 heterocycles. The lowest BCUT2D eigenvalue weighted by atomic mass is 9.94. The maximum Gasteiger partial charge on any atom is 0.245 e. The van der Waals surface area contributed by atoms with Crippen LogP contribution in [0.1, 0.15) is 35.3 Å². The van der Waals surface area contributed by atoms with Crippen molar-refractivity contribution in [2.75, 3.05) is 0 Å². The van der Waals surface area contributed by atoms with Crippen LogP contribution in [0.25, 0.3) is 23.4 Å². The van der Waals surface area contributed by atoms with Gasteiger partial charge in [-0.1, -0.05) is 37.3 Å². The van der Waals surface area contributed by atoms with Gasteiger partial charge in [-0.05, 0) is 17.2 Å². The zero-order chi connectivity index (χ0) is 12.8. The fraction of sp³-hybridized carbons (Fsp3) is 0.125. The first kappa shape index (κ1) is 10.5. The summed E-state index contributed by atoms with van der Waals surface area (Å²) in [5.41, 5.74) is 5.01. The van der Waals surface area contributed by atoms with Gasteiger partial charge in [0.05, 0.1) is 0 Å². The summed E-state index contributed by atoms with van der Waals surface area (Å²) in [7, 11) is 0. The second-order valence-corrected chi connectivity index (χ2v) is 4.77. The Hall–Kier alpha value is -2.42. The zero-order valence-corrected chi connectivity index (χ0v) is 10.5. The quantitative estimate of drug-likeness (QED) is 0.606. The largest absolute Gasteiger partial charge is 0.440 e. The van der Waals surface area contributed by atoms with E-state index in [1.807, 2.05) is 0 Å². The number of benzene rings is 1. The molecule has 3 heteroatoms. The zero-order valence-electron chi connectivity index (χ0n) is 10.5.